The summed E-state index contributed by atoms with van der Waals surface area (Å²) in [5, 5.41) is 0.726. The Bertz CT molecular complexity index is 623. The van der Waals surface area contributed by atoms with Crippen LogP contribution >= 0.6 is 11.3 Å². The van der Waals surface area contributed by atoms with Crippen LogP contribution in [0.25, 0.3) is 22.7 Å². The highest BCUT2D eigenvalue weighted by atomic mass is 32.1. The van der Waals surface area contributed by atoms with Crippen molar-refractivity contribution in [2.24, 2.45) is 0 Å². The molecule has 3 rings (SSSR count). The molecule has 2 N–H and O–H groups in total. The molecule has 4 nitrogen and oxygen atoms in total. The molecular formula is C11H9N3OS. The summed E-state index contributed by atoms with van der Waals surface area (Å²) in [6.07, 6.45) is 1.69. The van der Waals surface area contributed by atoms with Crippen molar-refractivity contribution in [1.82, 2.24) is 9.97 Å². The summed E-state index contributed by atoms with van der Waals surface area (Å²) in [6, 6.07) is 5.64. The molecule has 0 saturated carbocycles. The smallest absolute Gasteiger partial charge is 0.231 e. The minimum atomic E-state index is 0.538. The molecule has 0 aromatic carbocycles. The number of aromatic nitrogens is 2. The van der Waals surface area contributed by atoms with E-state index in [1.54, 1.807) is 6.20 Å². The summed E-state index contributed by atoms with van der Waals surface area (Å²) in [5.74, 6) is 0.538. The van der Waals surface area contributed by atoms with Crippen molar-refractivity contribution in [2.75, 3.05) is 5.73 Å². The lowest BCUT2D eigenvalue weighted by molar-refractivity contribution is 0.620. The maximum atomic E-state index is 5.89. The number of hydrogen-bond donors (Lipinski definition) is 1. The quantitative estimate of drug-likeness (QED) is 0.699. The number of nitrogens with two attached hydrogens (primary N) is 1. The summed E-state index contributed by atoms with van der Waals surface area (Å²) in [5.41, 5.74) is 8.03. The van der Waals surface area contributed by atoms with Crippen LogP contribution in [-0.4, -0.2) is 9.97 Å². The van der Waals surface area contributed by atoms with Gasteiger partial charge in [-0.05, 0) is 25.1 Å². The number of rotatable bonds is 1. The molecule has 0 unspecified atom stereocenters. The second kappa shape index (κ2) is 3.31. The third-order valence-corrected chi connectivity index (χ3v) is 3.16. The number of anilines is 1. The molecule has 16 heavy (non-hydrogen) atoms. The Labute approximate surface area is 95.7 Å². The van der Waals surface area contributed by atoms with E-state index in [4.69, 9.17) is 10.2 Å². The molecule has 0 radical (unpaired) electrons. The summed E-state index contributed by atoms with van der Waals surface area (Å²) < 4.78 is 5.60. The first kappa shape index (κ1) is 9.35. The minimum Gasteiger partial charge on any atom is -0.434 e. The number of thiophene rings is 1. The van der Waals surface area contributed by atoms with E-state index >= 15 is 0 Å². The maximum Gasteiger partial charge on any atom is 0.231 e. The number of nitrogens with zero attached hydrogens (tertiary/aromatic N) is 2. The second-order valence-corrected chi connectivity index (χ2v) is 4.77. The van der Waals surface area contributed by atoms with E-state index in [2.05, 4.69) is 9.97 Å². The lowest BCUT2D eigenvalue weighted by Crippen LogP contribution is -1.82. The molecule has 3 aromatic heterocycles. The number of oxazole rings is 1. The van der Waals surface area contributed by atoms with Gasteiger partial charge in [-0.1, -0.05) is 0 Å². The predicted octanol–water partition coefficient (Wildman–Crippen LogP) is 2.84. The molecule has 5 heteroatoms. The summed E-state index contributed by atoms with van der Waals surface area (Å²) in [4.78, 5) is 9.57. The Balaban J connectivity index is 2.22. The highest BCUT2D eigenvalue weighted by Gasteiger charge is 2.13. The summed E-state index contributed by atoms with van der Waals surface area (Å²) in [6.45, 7) is 2.01. The van der Waals surface area contributed by atoms with Crippen molar-refractivity contribution < 1.29 is 4.42 Å². The van der Waals surface area contributed by atoms with E-state index in [1.165, 1.54) is 11.3 Å². The van der Waals surface area contributed by atoms with Crippen LogP contribution < -0.4 is 5.73 Å². The molecule has 0 atom stereocenters. The zero-order valence-corrected chi connectivity index (χ0v) is 9.41. The lowest BCUT2D eigenvalue weighted by atomic mass is 10.3. The minimum absolute atomic E-state index is 0.538. The van der Waals surface area contributed by atoms with E-state index in [0.29, 0.717) is 17.1 Å². The fourth-order valence-corrected chi connectivity index (χ4v) is 2.36. The molecule has 0 aliphatic heterocycles. The monoisotopic (exact) mass is 231 g/mol. The van der Waals surface area contributed by atoms with Crippen LogP contribution in [0.3, 0.4) is 0 Å². The molecule has 0 amide bonds. The molecule has 80 valence electrons. The zero-order valence-electron chi connectivity index (χ0n) is 8.60. The van der Waals surface area contributed by atoms with Crippen LogP contribution in [0.2, 0.25) is 0 Å². The second-order valence-electron chi connectivity index (χ2n) is 3.48. The van der Waals surface area contributed by atoms with Crippen molar-refractivity contribution in [2.45, 2.75) is 6.92 Å². The zero-order chi connectivity index (χ0) is 11.1. The van der Waals surface area contributed by atoms with Crippen LogP contribution in [-0.2, 0) is 0 Å². The van der Waals surface area contributed by atoms with E-state index in [-0.39, 0.29) is 0 Å². The standard InChI is InChI=1S/C11H9N3OS/c1-6-5-7(9(12)16-6)11-14-10-8(15-11)3-2-4-13-10/h2-5H,12H2,1H3. The fourth-order valence-electron chi connectivity index (χ4n) is 1.58. The summed E-state index contributed by atoms with van der Waals surface area (Å²) in [7, 11) is 0. The van der Waals surface area contributed by atoms with Gasteiger partial charge in [-0.25, -0.2) is 4.98 Å². The Morgan fingerprint density at radius 1 is 1.44 bits per heavy atom. The molecule has 0 saturated heterocycles. The average Bonchev–Trinajstić information content (AvgIpc) is 2.81. The Hall–Kier alpha value is -1.88. The van der Waals surface area contributed by atoms with Gasteiger partial charge in [0.1, 0.15) is 0 Å². The van der Waals surface area contributed by atoms with Gasteiger partial charge in [0, 0.05) is 11.1 Å². The maximum absolute atomic E-state index is 5.89. The van der Waals surface area contributed by atoms with Crippen LogP contribution in [0, 0.1) is 6.92 Å². The van der Waals surface area contributed by atoms with E-state index in [0.717, 1.165) is 15.4 Å². The molecular weight excluding hydrogens is 222 g/mol. The van der Waals surface area contributed by atoms with Crippen molar-refractivity contribution in [3.8, 4) is 11.5 Å². The van der Waals surface area contributed by atoms with Gasteiger partial charge in [0.15, 0.2) is 11.2 Å². The van der Waals surface area contributed by atoms with E-state index < -0.39 is 0 Å². The predicted molar refractivity (Wildman–Crippen MR) is 64.3 cm³/mol. The van der Waals surface area contributed by atoms with Gasteiger partial charge in [0.2, 0.25) is 5.89 Å². The molecule has 0 aliphatic carbocycles. The third-order valence-electron chi connectivity index (χ3n) is 2.28. The highest BCUT2D eigenvalue weighted by Crippen LogP contribution is 2.34. The van der Waals surface area contributed by atoms with Gasteiger partial charge >= 0.3 is 0 Å². The van der Waals surface area contributed by atoms with Gasteiger partial charge in [-0.3, -0.25) is 0 Å². The van der Waals surface area contributed by atoms with Crippen molar-refractivity contribution in [3.63, 3.8) is 0 Å². The van der Waals surface area contributed by atoms with Gasteiger partial charge < -0.3 is 10.2 Å². The van der Waals surface area contributed by atoms with Crippen molar-refractivity contribution >= 4 is 27.6 Å². The summed E-state index contributed by atoms with van der Waals surface area (Å²) >= 11 is 1.53. The first-order valence-corrected chi connectivity index (χ1v) is 5.63. The number of fused-ring (bicyclic) bond motifs is 1. The van der Waals surface area contributed by atoms with Gasteiger partial charge in [-0.15, -0.1) is 11.3 Å². The van der Waals surface area contributed by atoms with E-state index in [9.17, 15) is 0 Å². The average molecular weight is 231 g/mol. The first-order valence-electron chi connectivity index (χ1n) is 4.82. The third kappa shape index (κ3) is 1.37. The number of hydrogen-bond acceptors (Lipinski definition) is 5. The van der Waals surface area contributed by atoms with Crippen LogP contribution in [0.4, 0.5) is 5.00 Å². The van der Waals surface area contributed by atoms with E-state index in [1.807, 2.05) is 25.1 Å². The molecule has 3 heterocycles. The van der Waals surface area contributed by atoms with Crippen molar-refractivity contribution in [1.29, 1.82) is 0 Å². The Morgan fingerprint density at radius 2 is 2.31 bits per heavy atom. The Kier molecular flexibility index (Phi) is 1.94. The number of nitrogen functional groups attached to an aromatic ring is 1. The van der Waals surface area contributed by atoms with Gasteiger partial charge in [-0.2, -0.15) is 4.98 Å². The first-order chi connectivity index (χ1) is 7.74. The number of aryl methyl sites for hydroxylation is 1. The molecule has 3 aromatic rings. The highest BCUT2D eigenvalue weighted by molar-refractivity contribution is 7.16. The van der Waals surface area contributed by atoms with Crippen LogP contribution in [0.5, 0.6) is 0 Å². The molecule has 0 aliphatic rings. The largest absolute Gasteiger partial charge is 0.434 e. The molecule has 0 spiro atoms. The lowest BCUT2D eigenvalue weighted by Gasteiger charge is -1.90. The van der Waals surface area contributed by atoms with Gasteiger partial charge in [0.25, 0.3) is 0 Å². The van der Waals surface area contributed by atoms with Crippen LogP contribution in [0.1, 0.15) is 4.88 Å². The Morgan fingerprint density at radius 3 is 3.00 bits per heavy atom. The SMILES string of the molecule is Cc1cc(-c2nc3ncccc3o2)c(N)s1. The number of pyridine rings is 1. The molecule has 0 fully saturated rings. The van der Waals surface area contributed by atoms with Gasteiger partial charge in [0.05, 0.1) is 10.6 Å². The van der Waals surface area contributed by atoms with Crippen LogP contribution in [0.15, 0.2) is 28.8 Å². The molecule has 0 bridgehead atoms. The topological polar surface area (TPSA) is 64.9 Å². The van der Waals surface area contributed by atoms with Crippen molar-refractivity contribution in [3.05, 3.63) is 29.3 Å². The fraction of sp³-hybridized carbons (Fsp3) is 0.0909. The normalized spacial score (nSPS) is 11.1.